The molecule has 1 aliphatic rings. The second-order valence-corrected chi connectivity index (χ2v) is 9.46. The van der Waals surface area contributed by atoms with E-state index in [0.29, 0.717) is 0 Å². The van der Waals surface area contributed by atoms with Crippen molar-refractivity contribution in [2.75, 3.05) is 0 Å². The molecule has 3 rings (SSSR count). The molecule has 0 heterocycles. The first-order valence-electron chi connectivity index (χ1n) is 10.3. The van der Waals surface area contributed by atoms with E-state index in [2.05, 4.69) is 74.5 Å². The predicted octanol–water partition coefficient (Wildman–Crippen LogP) is 5.45. The highest BCUT2D eigenvalue weighted by molar-refractivity contribution is 6.62. The van der Waals surface area contributed by atoms with E-state index >= 15 is 0 Å². The molecule has 1 aliphatic carbocycles. The molecular formula is C25H32Si. The third-order valence-corrected chi connectivity index (χ3v) is 7.38. The standard InChI is InChI=1S/C25H32Si/c1-3-5-10-20-13-15-21(16-14-20)19-22-17-18-25(24(22)9-4-2)26-23-11-7-6-8-12-23/h6-8,11-16,18H,3-5,9-10,17,19,26H2,1-2H3. The van der Waals surface area contributed by atoms with Gasteiger partial charge < -0.3 is 0 Å². The fraction of sp³-hybridized carbons (Fsp3) is 0.360. The molecule has 2 aromatic rings. The molecule has 0 saturated heterocycles. The summed E-state index contributed by atoms with van der Waals surface area (Å²) in [4.78, 5) is 0. The molecular weight excluding hydrogens is 328 g/mol. The molecule has 0 unspecified atom stereocenters. The molecule has 0 nitrogen and oxygen atoms in total. The summed E-state index contributed by atoms with van der Waals surface area (Å²) in [6.45, 7) is 4.58. The van der Waals surface area contributed by atoms with Crippen LogP contribution in [-0.2, 0) is 12.8 Å². The van der Waals surface area contributed by atoms with Crippen LogP contribution in [0, 0.1) is 0 Å². The summed E-state index contributed by atoms with van der Waals surface area (Å²) in [5.41, 5.74) is 6.33. The van der Waals surface area contributed by atoms with Gasteiger partial charge in [-0.15, -0.1) is 0 Å². The third kappa shape index (κ3) is 5.08. The molecule has 0 spiro atoms. The average molecular weight is 361 g/mol. The maximum atomic E-state index is 2.54. The van der Waals surface area contributed by atoms with Crippen molar-refractivity contribution in [3.05, 3.63) is 88.1 Å². The fourth-order valence-corrected chi connectivity index (χ4v) is 5.81. The van der Waals surface area contributed by atoms with Crippen LogP contribution in [0.4, 0.5) is 0 Å². The van der Waals surface area contributed by atoms with Crippen molar-refractivity contribution in [2.24, 2.45) is 0 Å². The van der Waals surface area contributed by atoms with Gasteiger partial charge >= 0.3 is 0 Å². The largest absolute Gasteiger partial charge is 0.0874 e. The number of hydrogen-bond acceptors (Lipinski definition) is 0. The Morgan fingerprint density at radius 3 is 2.23 bits per heavy atom. The van der Waals surface area contributed by atoms with Crippen LogP contribution in [0.25, 0.3) is 0 Å². The minimum atomic E-state index is -0.337. The topological polar surface area (TPSA) is 0 Å². The second-order valence-electron chi connectivity index (χ2n) is 7.52. The Morgan fingerprint density at radius 1 is 0.808 bits per heavy atom. The van der Waals surface area contributed by atoms with Crippen LogP contribution in [0.5, 0.6) is 0 Å². The first kappa shape index (κ1) is 18.9. The summed E-state index contributed by atoms with van der Waals surface area (Å²) in [6, 6.07) is 20.5. The number of benzene rings is 2. The molecule has 0 radical (unpaired) electrons. The Hall–Kier alpha value is -1.86. The molecule has 26 heavy (non-hydrogen) atoms. The molecule has 0 N–H and O–H groups in total. The van der Waals surface area contributed by atoms with Gasteiger partial charge in [0.05, 0.1) is 9.52 Å². The van der Waals surface area contributed by atoms with Crippen molar-refractivity contribution >= 4 is 14.7 Å². The number of aryl methyl sites for hydroxylation is 1. The Labute approximate surface area is 161 Å². The van der Waals surface area contributed by atoms with Crippen molar-refractivity contribution in [1.82, 2.24) is 0 Å². The Kier molecular flexibility index (Phi) is 7.08. The Balaban J connectivity index is 1.71. The van der Waals surface area contributed by atoms with Crippen molar-refractivity contribution in [3.63, 3.8) is 0 Å². The summed E-state index contributed by atoms with van der Waals surface area (Å²) < 4.78 is 0. The van der Waals surface area contributed by atoms with Crippen molar-refractivity contribution < 1.29 is 0 Å². The number of rotatable bonds is 9. The van der Waals surface area contributed by atoms with Gasteiger partial charge in [-0.25, -0.2) is 0 Å². The zero-order chi connectivity index (χ0) is 18.2. The minimum absolute atomic E-state index is 0.337. The van der Waals surface area contributed by atoms with Crippen LogP contribution in [0.3, 0.4) is 0 Å². The quantitative estimate of drug-likeness (QED) is 0.522. The van der Waals surface area contributed by atoms with E-state index in [9.17, 15) is 0 Å². The van der Waals surface area contributed by atoms with Gasteiger partial charge in [0.15, 0.2) is 0 Å². The highest BCUT2D eigenvalue weighted by Crippen LogP contribution is 2.31. The number of unbranched alkanes of at least 4 members (excludes halogenated alkanes) is 1. The van der Waals surface area contributed by atoms with E-state index in [1.54, 1.807) is 21.5 Å². The van der Waals surface area contributed by atoms with Gasteiger partial charge in [-0.2, -0.15) is 0 Å². The molecule has 0 amide bonds. The third-order valence-electron chi connectivity index (χ3n) is 5.41. The predicted molar refractivity (Wildman–Crippen MR) is 118 cm³/mol. The van der Waals surface area contributed by atoms with Crippen LogP contribution in [0.15, 0.2) is 77.0 Å². The van der Waals surface area contributed by atoms with E-state index in [-0.39, 0.29) is 9.52 Å². The van der Waals surface area contributed by atoms with Crippen LogP contribution >= 0.6 is 0 Å². The van der Waals surface area contributed by atoms with Gasteiger partial charge in [-0.05, 0) is 48.8 Å². The van der Waals surface area contributed by atoms with Crippen LogP contribution < -0.4 is 5.19 Å². The lowest BCUT2D eigenvalue weighted by Crippen LogP contribution is -2.16. The van der Waals surface area contributed by atoms with E-state index in [4.69, 9.17) is 0 Å². The van der Waals surface area contributed by atoms with Crippen molar-refractivity contribution in [2.45, 2.75) is 58.8 Å². The molecule has 0 fully saturated rings. The lowest BCUT2D eigenvalue weighted by Gasteiger charge is -2.12. The monoisotopic (exact) mass is 360 g/mol. The number of hydrogen-bond donors (Lipinski definition) is 0. The van der Waals surface area contributed by atoms with E-state index in [1.807, 2.05) is 0 Å². The fourth-order valence-electron chi connectivity index (χ4n) is 3.93. The maximum absolute atomic E-state index is 2.54. The maximum Gasteiger partial charge on any atom is 0.0874 e. The molecule has 0 bridgehead atoms. The minimum Gasteiger partial charge on any atom is -0.0812 e. The van der Waals surface area contributed by atoms with Crippen LogP contribution in [0.1, 0.15) is 57.1 Å². The lowest BCUT2D eigenvalue weighted by atomic mass is 9.97. The van der Waals surface area contributed by atoms with E-state index in [1.165, 1.54) is 49.7 Å². The Bertz CT molecular complexity index is 751. The van der Waals surface area contributed by atoms with E-state index in [0.717, 1.165) is 6.42 Å². The zero-order valence-electron chi connectivity index (χ0n) is 16.4. The highest BCUT2D eigenvalue weighted by atomic mass is 28.2. The molecule has 0 aromatic heterocycles. The molecule has 0 atom stereocenters. The zero-order valence-corrected chi connectivity index (χ0v) is 17.8. The molecule has 2 aromatic carbocycles. The molecule has 1 heteroatoms. The summed E-state index contributed by atoms with van der Waals surface area (Å²) in [7, 11) is -0.337. The molecule has 0 aliphatic heterocycles. The lowest BCUT2D eigenvalue weighted by molar-refractivity contribution is 0.794. The van der Waals surface area contributed by atoms with Crippen LogP contribution in [-0.4, -0.2) is 9.52 Å². The van der Waals surface area contributed by atoms with Gasteiger partial charge in [0.1, 0.15) is 0 Å². The summed E-state index contributed by atoms with van der Waals surface area (Å²) in [5, 5.41) is 3.27. The van der Waals surface area contributed by atoms with Gasteiger partial charge in [-0.3, -0.25) is 0 Å². The van der Waals surface area contributed by atoms with Gasteiger partial charge in [0.2, 0.25) is 0 Å². The SMILES string of the molecule is CCCCc1ccc(CC2=C(CCC)C([SiH2]c3ccccc3)=CC2)cc1. The summed E-state index contributed by atoms with van der Waals surface area (Å²) >= 11 is 0. The smallest absolute Gasteiger partial charge is 0.0812 e. The van der Waals surface area contributed by atoms with Gasteiger partial charge in [0, 0.05) is 0 Å². The normalized spacial score (nSPS) is 14.5. The summed E-state index contributed by atoms with van der Waals surface area (Å²) in [6.07, 6.45) is 11.1. The second kappa shape index (κ2) is 9.73. The van der Waals surface area contributed by atoms with Gasteiger partial charge in [0.25, 0.3) is 0 Å². The average Bonchev–Trinajstić information content (AvgIpc) is 3.04. The summed E-state index contributed by atoms with van der Waals surface area (Å²) in [5.74, 6) is 0. The van der Waals surface area contributed by atoms with Crippen molar-refractivity contribution in [3.8, 4) is 0 Å². The van der Waals surface area contributed by atoms with Crippen molar-refractivity contribution in [1.29, 1.82) is 0 Å². The highest BCUT2D eigenvalue weighted by Gasteiger charge is 2.17. The first-order chi connectivity index (χ1) is 12.8. The van der Waals surface area contributed by atoms with E-state index < -0.39 is 0 Å². The van der Waals surface area contributed by atoms with Gasteiger partial charge in [-0.1, -0.05) is 103 Å². The Morgan fingerprint density at radius 2 is 1.54 bits per heavy atom. The van der Waals surface area contributed by atoms with Crippen LogP contribution in [0.2, 0.25) is 0 Å². The molecule has 136 valence electrons. The first-order valence-corrected chi connectivity index (χ1v) is 11.7. The molecule has 0 saturated carbocycles. The number of allylic oxidation sites excluding steroid dienone is 4.